The van der Waals surface area contributed by atoms with E-state index >= 15 is 0 Å². The van der Waals surface area contributed by atoms with E-state index in [1.807, 2.05) is 13.8 Å². The molecule has 0 saturated carbocycles. The first kappa shape index (κ1) is 22.1. The average molecular weight is 441 g/mol. The van der Waals surface area contributed by atoms with Crippen molar-refractivity contribution in [3.05, 3.63) is 70.2 Å². The summed E-state index contributed by atoms with van der Waals surface area (Å²) in [4.78, 5) is 25.2. The predicted molar refractivity (Wildman–Crippen MR) is 105 cm³/mol. The first-order valence-corrected chi connectivity index (χ1v) is 9.59. The van der Waals surface area contributed by atoms with Crippen LogP contribution in [0.15, 0.2) is 48.5 Å². The summed E-state index contributed by atoms with van der Waals surface area (Å²) in [5.74, 6) is -2.88. The van der Waals surface area contributed by atoms with Crippen LogP contribution in [0, 0.1) is 5.92 Å². The van der Waals surface area contributed by atoms with E-state index in [-0.39, 0.29) is 17.0 Å². The molecule has 3 rings (SSSR count). The van der Waals surface area contributed by atoms with Crippen LogP contribution in [0.5, 0.6) is 0 Å². The number of rotatable bonds is 4. The Bertz CT molecular complexity index is 945. The minimum absolute atomic E-state index is 0.0752. The molecule has 0 aromatic heterocycles. The highest BCUT2D eigenvalue weighted by atomic mass is 35.5. The molecule has 1 aliphatic heterocycles. The normalized spacial score (nSPS) is 24.3. The van der Waals surface area contributed by atoms with Crippen molar-refractivity contribution in [2.45, 2.75) is 37.7 Å². The number of hydrogen-bond acceptors (Lipinski definition) is 3. The molecule has 0 spiro atoms. The molecule has 5 nitrogen and oxygen atoms in total. The van der Waals surface area contributed by atoms with Gasteiger partial charge in [0.1, 0.15) is 5.92 Å². The van der Waals surface area contributed by atoms with Gasteiger partial charge in [-0.1, -0.05) is 49.7 Å². The van der Waals surface area contributed by atoms with Gasteiger partial charge >= 0.3 is 12.2 Å². The number of urea groups is 1. The van der Waals surface area contributed by atoms with Crippen molar-refractivity contribution < 1.29 is 27.9 Å². The van der Waals surface area contributed by atoms with E-state index in [1.54, 1.807) is 24.3 Å². The van der Waals surface area contributed by atoms with E-state index in [0.29, 0.717) is 5.02 Å². The number of nitrogens with one attached hydrogen (secondary N) is 2. The number of carbonyl (C=O) groups excluding carboxylic acids is 2. The lowest BCUT2D eigenvalue weighted by Crippen LogP contribution is -2.72. The molecule has 0 bridgehead atoms. The Morgan fingerprint density at radius 2 is 1.67 bits per heavy atom. The number of carbonyl (C=O) groups is 2. The first-order chi connectivity index (χ1) is 13.9. The molecule has 2 amide bonds. The molecule has 1 heterocycles. The summed E-state index contributed by atoms with van der Waals surface area (Å²) in [5, 5.41) is 14.7. The first-order valence-electron chi connectivity index (χ1n) is 9.21. The maximum Gasteiger partial charge on any atom is 0.437 e. The number of aliphatic hydroxyl groups is 1. The summed E-state index contributed by atoms with van der Waals surface area (Å²) in [6.07, 6.45) is -5.30. The zero-order valence-corrected chi connectivity index (χ0v) is 16.9. The molecule has 2 aromatic rings. The number of hydrogen-bond donors (Lipinski definition) is 3. The van der Waals surface area contributed by atoms with Crippen molar-refractivity contribution in [2.75, 3.05) is 0 Å². The van der Waals surface area contributed by atoms with Crippen LogP contribution >= 0.6 is 11.6 Å². The molecule has 3 atom stereocenters. The standard InChI is InChI=1S/C21H20ClF3N2O3/c1-11(2)12-3-5-13(6-4-12)17-16(18(28)14-7-9-15(22)10-8-14)20(30,21(23,24)25)27-19(29)26-17/h3-11,16-17,30H,1-2H3,(H2,26,27,29)/t16-,17-,20+/m0/s1. The summed E-state index contributed by atoms with van der Waals surface area (Å²) < 4.78 is 41.6. The Balaban J connectivity index is 2.13. The second kappa shape index (κ2) is 7.92. The van der Waals surface area contributed by atoms with Crippen LogP contribution < -0.4 is 10.6 Å². The van der Waals surface area contributed by atoms with Gasteiger partial charge in [-0.25, -0.2) is 4.79 Å². The smallest absolute Gasteiger partial charge is 0.363 e. The third-order valence-electron chi connectivity index (χ3n) is 5.18. The lowest BCUT2D eigenvalue weighted by atomic mass is 9.77. The Kier molecular flexibility index (Phi) is 5.84. The lowest BCUT2D eigenvalue weighted by Gasteiger charge is -2.45. The number of ketones is 1. The van der Waals surface area contributed by atoms with Gasteiger partial charge in [-0.3, -0.25) is 4.79 Å². The maximum atomic E-state index is 13.9. The van der Waals surface area contributed by atoms with Crippen molar-refractivity contribution in [3.63, 3.8) is 0 Å². The number of amides is 2. The highest BCUT2D eigenvalue weighted by molar-refractivity contribution is 6.30. The molecular formula is C21H20ClF3N2O3. The van der Waals surface area contributed by atoms with E-state index in [9.17, 15) is 27.9 Å². The fourth-order valence-corrected chi connectivity index (χ4v) is 3.62. The van der Waals surface area contributed by atoms with Gasteiger partial charge in [-0.05, 0) is 41.3 Å². The van der Waals surface area contributed by atoms with E-state index < -0.39 is 35.7 Å². The van der Waals surface area contributed by atoms with Crippen molar-refractivity contribution >= 4 is 23.4 Å². The van der Waals surface area contributed by atoms with Crippen LogP contribution in [0.1, 0.15) is 47.3 Å². The van der Waals surface area contributed by atoms with Crippen LogP contribution in [0.2, 0.25) is 5.02 Å². The highest BCUT2D eigenvalue weighted by Crippen LogP contribution is 2.44. The molecule has 1 aliphatic rings. The van der Waals surface area contributed by atoms with Gasteiger partial charge in [0.2, 0.25) is 5.72 Å². The van der Waals surface area contributed by atoms with Crippen LogP contribution in [-0.2, 0) is 0 Å². The van der Waals surface area contributed by atoms with Gasteiger partial charge in [-0.2, -0.15) is 13.2 Å². The van der Waals surface area contributed by atoms with Gasteiger partial charge in [0.15, 0.2) is 5.78 Å². The average Bonchev–Trinajstić information content (AvgIpc) is 2.66. The Hall–Kier alpha value is -2.58. The van der Waals surface area contributed by atoms with Gasteiger partial charge in [0.05, 0.1) is 6.04 Å². The van der Waals surface area contributed by atoms with Crippen LogP contribution in [0.25, 0.3) is 0 Å². The number of halogens is 4. The third-order valence-corrected chi connectivity index (χ3v) is 5.43. The summed E-state index contributed by atoms with van der Waals surface area (Å²) in [7, 11) is 0. The highest BCUT2D eigenvalue weighted by Gasteiger charge is 2.66. The van der Waals surface area contributed by atoms with Gasteiger partial charge in [0.25, 0.3) is 0 Å². The van der Waals surface area contributed by atoms with Crippen LogP contribution in [-0.4, -0.2) is 28.8 Å². The predicted octanol–water partition coefficient (Wildman–Crippen LogP) is 4.57. The van der Waals surface area contributed by atoms with Gasteiger partial charge in [-0.15, -0.1) is 0 Å². The molecule has 2 aromatic carbocycles. The monoisotopic (exact) mass is 440 g/mol. The zero-order chi connectivity index (χ0) is 22.3. The maximum absolute atomic E-state index is 13.9. The zero-order valence-electron chi connectivity index (χ0n) is 16.1. The second-order valence-corrected chi connectivity index (χ2v) is 7.95. The van der Waals surface area contributed by atoms with Crippen molar-refractivity contribution in [3.8, 4) is 0 Å². The molecule has 0 unspecified atom stereocenters. The molecule has 1 fully saturated rings. The number of Topliss-reactive ketones (excluding diaryl/α,β-unsaturated/α-hetero) is 1. The Morgan fingerprint density at radius 3 is 2.17 bits per heavy atom. The molecule has 0 radical (unpaired) electrons. The fourth-order valence-electron chi connectivity index (χ4n) is 3.50. The summed E-state index contributed by atoms with van der Waals surface area (Å²) in [5.41, 5.74) is -2.63. The molecule has 0 aliphatic carbocycles. The van der Waals surface area contributed by atoms with E-state index in [0.717, 1.165) is 5.56 Å². The van der Waals surface area contributed by atoms with Gasteiger partial charge in [0, 0.05) is 10.6 Å². The Morgan fingerprint density at radius 1 is 1.10 bits per heavy atom. The third kappa shape index (κ3) is 4.02. The topological polar surface area (TPSA) is 78.4 Å². The van der Waals surface area contributed by atoms with Crippen molar-refractivity contribution in [2.24, 2.45) is 5.92 Å². The van der Waals surface area contributed by atoms with E-state index in [1.165, 1.54) is 29.6 Å². The molecule has 30 heavy (non-hydrogen) atoms. The number of alkyl halides is 3. The summed E-state index contributed by atoms with van der Waals surface area (Å²) in [6, 6.07) is 9.16. The quantitative estimate of drug-likeness (QED) is 0.609. The van der Waals surface area contributed by atoms with Crippen molar-refractivity contribution in [1.29, 1.82) is 0 Å². The SMILES string of the molecule is CC(C)c1ccc([C@@H]2NC(=O)N[C@](O)(C(F)(F)F)[C@@H]2C(=O)c2ccc(Cl)cc2)cc1. The molecule has 9 heteroatoms. The van der Waals surface area contributed by atoms with E-state index in [2.05, 4.69) is 5.32 Å². The molecule has 3 N–H and O–H groups in total. The molecule has 160 valence electrons. The molecule has 1 saturated heterocycles. The minimum atomic E-state index is -5.30. The molecular weight excluding hydrogens is 421 g/mol. The number of benzene rings is 2. The summed E-state index contributed by atoms with van der Waals surface area (Å²) in [6.45, 7) is 3.91. The fraction of sp³-hybridized carbons (Fsp3) is 0.333. The second-order valence-electron chi connectivity index (χ2n) is 7.51. The van der Waals surface area contributed by atoms with Crippen molar-refractivity contribution in [1.82, 2.24) is 10.6 Å². The summed E-state index contributed by atoms with van der Waals surface area (Å²) >= 11 is 5.80. The minimum Gasteiger partial charge on any atom is -0.363 e. The van der Waals surface area contributed by atoms with Crippen LogP contribution in [0.4, 0.5) is 18.0 Å². The van der Waals surface area contributed by atoms with Gasteiger partial charge < -0.3 is 15.7 Å². The lowest BCUT2D eigenvalue weighted by molar-refractivity contribution is -0.287. The largest absolute Gasteiger partial charge is 0.437 e. The van der Waals surface area contributed by atoms with E-state index in [4.69, 9.17) is 11.6 Å². The Labute approximate surface area is 176 Å². The van der Waals surface area contributed by atoms with Crippen LogP contribution in [0.3, 0.4) is 0 Å².